The molecule has 2 heterocycles. The molecule has 0 aromatic carbocycles. The summed E-state index contributed by atoms with van der Waals surface area (Å²) in [4.78, 5) is 13.3. The van der Waals surface area contributed by atoms with Gasteiger partial charge in [-0.25, -0.2) is 0 Å². The summed E-state index contributed by atoms with van der Waals surface area (Å²) in [5.74, 6) is 1.13. The molecule has 4 nitrogen and oxygen atoms in total. The zero-order valence-corrected chi connectivity index (χ0v) is 11.0. The van der Waals surface area contributed by atoms with Crippen LogP contribution in [-0.4, -0.2) is 28.0 Å². The molecule has 15 heavy (non-hydrogen) atoms. The van der Waals surface area contributed by atoms with Crippen LogP contribution >= 0.6 is 31.9 Å². The van der Waals surface area contributed by atoms with Crippen LogP contribution < -0.4 is 4.90 Å². The van der Waals surface area contributed by atoms with Gasteiger partial charge in [-0.1, -0.05) is 15.9 Å². The Morgan fingerprint density at radius 1 is 1.47 bits per heavy atom. The van der Waals surface area contributed by atoms with Crippen LogP contribution in [0.4, 0.5) is 5.82 Å². The van der Waals surface area contributed by atoms with Gasteiger partial charge in [0, 0.05) is 18.3 Å². The summed E-state index contributed by atoms with van der Waals surface area (Å²) in [7, 11) is 0. The molecule has 80 valence electrons. The maximum absolute atomic E-state index is 11.7. The summed E-state index contributed by atoms with van der Waals surface area (Å²) in [6.45, 7) is 0.723. The molecule has 1 aliphatic heterocycles. The number of aromatic nitrogens is 2. The minimum absolute atomic E-state index is 0.121. The van der Waals surface area contributed by atoms with Crippen molar-refractivity contribution in [3.05, 3.63) is 16.7 Å². The Kier molecular flexibility index (Phi) is 3.35. The predicted octanol–water partition coefficient (Wildman–Crippen LogP) is 1.99. The average Bonchev–Trinajstić information content (AvgIpc) is 2.61. The summed E-state index contributed by atoms with van der Waals surface area (Å²) < 4.78 is 0.676. The lowest BCUT2D eigenvalue weighted by Crippen LogP contribution is -2.25. The van der Waals surface area contributed by atoms with E-state index in [2.05, 4.69) is 42.1 Å². The first kappa shape index (κ1) is 11.0. The van der Waals surface area contributed by atoms with E-state index in [9.17, 15) is 4.79 Å². The number of carbonyl (C=O) groups excluding carboxylic acids is 1. The van der Waals surface area contributed by atoms with Gasteiger partial charge in [-0.2, -0.15) is 0 Å². The number of amides is 1. The fourth-order valence-electron chi connectivity index (χ4n) is 1.56. The van der Waals surface area contributed by atoms with Gasteiger partial charge in [0.2, 0.25) is 5.91 Å². The molecule has 0 aliphatic carbocycles. The number of anilines is 1. The van der Waals surface area contributed by atoms with Gasteiger partial charge >= 0.3 is 0 Å². The third-order valence-electron chi connectivity index (χ3n) is 2.32. The molecule has 1 unspecified atom stereocenters. The minimum atomic E-state index is 0.121. The fraction of sp³-hybridized carbons (Fsp3) is 0.444. The zero-order valence-electron chi connectivity index (χ0n) is 7.86. The Morgan fingerprint density at radius 3 is 2.80 bits per heavy atom. The van der Waals surface area contributed by atoms with Crippen molar-refractivity contribution < 1.29 is 4.79 Å². The van der Waals surface area contributed by atoms with Crippen LogP contribution in [0.15, 0.2) is 16.7 Å². The second-order valence-corrected chi connectivity index (χ2v) is 4.90. The molecule has 1 fully saturated rings. The van der Waals surface area contributed by atoms with Gasteiger partial charge in [0.1, 0.15) is 4.60 Å². The van der Waals surface area contributed by atoms with Crippen molar-refractivity contribution in [3.8, 4) is 0 Å². The van der Waals surface area contributed by atoms with Crippen molar-refractivity contribution in [2.24, 2.45) is 5.92 Å². The second kappa shape index (κ2) is 4.57. The van der Waals surface area contributed by atoms with E-state index in [4.69, 9.17) is 0 Å². The van der Waals surface area contributed by atoms with Gasteiger partial charge in [-0.05, 0) is 34.0 Å². The number of hydrogen-bond acceptors (Lipinski definition) is 3. The molecule has 1 amide bonds. The SMILES string of the molecule is O=C1CC(CBr)CN1c1ccc(Br)nn1. The third-order valence-corrected chi connectivity index (χ3v) is 3.66. The van der Waals surface area contributed by atoms with Crippen molar-refractivity contribution in [2.75, 3.05) is 16.8 Å². The molecule has 2 rings (SSSR count). The van der Waals surface area contributed by atoms with Crippen LogP contribution in [0.5, 0.6) is 0 Å². The van der Waals surface area contributed by atoms with Crippen LogP contribution in [0.25, 0.3) is 0 Å². The van der Waals surface area contributed by atoms with E-state index in [1.807, 2.05) is 0 Å². The van der Waals surface area contributed by atoms with Gasteiger partial charge in [0.25, 0.3) is 0 Å². The number of hydrogen-bond donors (Lipinski definition) is 0. The second-order valence-electron chi connectivity index (χ2n) is 3.44. The van der Waals surface area contributed by atoms with Gasteiger partial charge in [0.15, 0.2) is 5.82 Å². The van der Waals surface area contributed by atoms with E-state index < -0.39 is 0 Å². The van der Waals surface area contributed by atoms with E-state index >= 15 is 0 Å². The number of rotatable bonds is 2. The minimum Gasteiger partial charge on any atom is -0.295 e. The highest BCUT2D eigenvalue weighted by molar-refractivity contribution is 9.10. The zero-order chi connectivity index (χ0) is 10.8. The summed E-state index contributed by atoms with van der Waals surface area (Å²) >= 11 is 6.60. The van der Waals surface area contributed by atoms with Crippen molar-refractivity contribution in [3.63, 3.8) is 0 Å². The maximum atomic E-state index is 11.7. The lowest BCUT2D eigenvalue weighted by Gasteiger charge is -2.13. The largest absolute Gasteiger partial charge is 0.295 e. The number of halogens is 2. The summed E-state index contributed by atoms with van der Waals surface area (Å²) in [6, 6.07) is 3.59. The monoisotopic (exact) mass is 333 g/mol. The first-order valence-corrected chi connectivity index (χ1v) is 6.47. The molecule has 0 spiro atoms. The van der Waals surface area contributed by atoms with E-state index in [1.165, 1.54) is 0 Å². The lowest BCUT2D eigenvalue weighted by molar-refractivity contribution is -0.117. The molecule has 1 aromatic rings. The standard InChI is InChI=1S/C9H9Br2N3O/c10-4-6-3-9(15)14(5-6)8-2-1-7(11)12-13-8/h1-2,6H,3-5H2. The highest BCUT2D eigenvalue weighted by Gasteiger charge is 2.30. The first-order valence-electron chi connectivity index (χ1n) is 4.56. The molecule has 0 bridgehead atoms. The van der Waals surface area contributed by atoms with Crippen LogP contribution in [0.2, 0.25) is 0 Å². The van der Waals surface area contributed by atoms with Gasteiger partial charge < -0.3 is 0 Å². The Morgan fingerprint density at radius 2 is 2.27 bits per heavy atom. The quantitative estimate of drug-likeness (QED) is 0.777. The molecular weight excluding hydrogens is 326 g/mol. The molecule has 6 heteroatoms. The van der Waals surface area contributed by atoms with Crippen LogP contribution in [0.1, 0.15) is 6.42 Å². The number of nitrogens with zero attached hydrogens (tertiary/aromatic N) is 3. The highest BCUT2D eigenvalue weighted by atomic mass is 79.9. The van der Waals surface area contributed by atoms with E-state index in [1.54, 1.807) is 17.0 Å². The third kappa shape index (κ3) is 2.36. The smallest absolute Gasteiger partial charge is 0.228 e. The lowest BCUT2D eigenvalue weighted by atomic mass is 10.2. The molecule has 0 N–H and O–H groups in total. The Balaban J connectivity index is 2.18. The van der Waals surface area contributed by atoms with Crippen molar-refractivity contribution in [2.45, 2.75) is 6.42 Å². The number of alkyl halides is 1. The molecule has 1 aromatic heterocycles. The molecule has 1 atom stereocenters. The maximum Gasteiger partial charge on any atom is 0.228 e. The van der Waals surface area contributed by atoms with Gasteiger partial charge in [-0.3, -0.25) is 9.69 Å². The summed E-state index contributed by atoms with van der Waals surface area (Å²) in [5.41, 5.74) is 0. The van der Waals surface area contributed by atoms with E-state index in [0.29, 0.717) is 22.8 Å². The predicted molar refractivity (Wildman–Crippen MR) is 64.0 cm³/mol. The van der Waals surface area contributed by atoms with Crippen molar-refractivity contribution >= 4 is 43.6 Å². The topological polar surface area (TPSA) is 46.1 Å². The molecule has 1 saturated heterocycles. The molecular formula is C9H9Br2N3O. The Hall–Kier alpha value is -0.490. The van der Waals surface area contributed by atoms with E-state index in [0.717, 1.165) is 11.9 Å². The molecule has 0 radical (unpaired) electrons. The normalized spacial score (nSPS) is 21.1. The summed E-state index contributed by atoms with van der Waals surface area (Å²) in [5, 5.41) is 8.69. The van der Waals surface area contributed by atoms with Crippen molar-refractivity contribution in [1.82, 2.24) is 10.2 Å². The van der Waals surface area contributed by atoms with Crippen molar-refractivity contribution in [1.29, 1.82) is 0 Å². The van der Waals surface area contributed by atoms with Gasteiger partial charge in [-0.15, -0.1) is 10.2 Å². The van der Waals surface area contributed by atoms with Crippen LogP contribution in [-0.2, 0) is 4.79 Å². The first-order chi connectivity index (χ1) is 7.20. The Labute approximate surface area is 104 Å². The molecule has 0 saturated carbocycles. The summed E-state index contributed by atoms with van der Waals surface area (Å²) in [6.07, 6.45) is 0.586. The van der Waals surface area contributed by atoms with Crippen LogP contribution in [0, 0.1) is 5.92 Å². The Bertz CT molecular complexity index is 368. The van der Waals surface area contributed by atoms with Crippen LogP contribution in [0.3, 0.4) is 0 Å². The average molecular weight is 335 g/mol. The van der Waals surface area contributed by atoms with Gasteiger partial charge in [0.05, 0.1) is 0 Å². The fourth-order valence-corrected chi connectivity index (χ4v) is 2.20. The number of carbonyl (C=O) groups is 1. The highest BCUT2D eigenvalue weighted by Crippen LogP contribution is 2.24. The molecule has 1 aliphatic rings. The van der Waals surface area contributed by atoms with E-state index in [-0.39, 0.29) is 5.91 Å².